The molecule has 0 N–H and O–H groups in total. The Balaban J connectivity index is 1.47. The molecule has 3 nitrogen and oxygen atoms in total. The van der Waals surface area contributed by atoms with Crippen LogP contribution in [0.4, 0.5) is 0 Å². The number of hydrogen-bond donors (Lipinski definition) is 0. The summed E-state index contributed by atoms with van der Waals surface area (Å²) in [6.45, 7) is 5.08. The van der Waals surface area contributed by atoms with Gasteiger partial charge in [-0.15, -0.1) is 10.2 Å². The van der Waals surface area contributed by atoms with Crippen LogP contribution in [0.25, 0.3) is 11.3 Å². The first-order valence-corrected chi connectivity index (χ1v) is 10.8. The predicted octanol–water partition coefficient (Wildman–Crippen LogP) is 6.47. The molecular formula is C24H34N2O. The second-order valence-electron chi connectivity index (χ2n) is 8.02. The first kappa shape index (κ1) is 19.9. The second-order valence-corrected chi connectivity index (χ2v) is 8.02. The van der Waals surface area contributed by atoms with Crippen LogP contribution in [0.5, 0.6) is 5.88 Å². The quantitative estimate of drug-likeness (QED) is 0.510. The maximum absolute atomic E-state index is 5.50. The zero-order chi connectivity index (χ0) is 18.9. The van der Waals surface area contributed by atoms with Gasteiger partial charge in [0.05, 0.1) is 12.3 Å². The number of hydrogen-bond acceptors (Lipinski definition) is 3. The van der Waals surface area contributed by atoms with Crippen LogP contribution in [0, 0.1) is 11.8 Å². The summed E-state index contributed by atoms with van der Waals surface area (Å²) in [5.41, 5.74) is 3.46. The predicted molar refractivity (Wildman–Crippen MR) is 112 cm³/mol. The van der Waals surface area contributed by atoms with Gasteiger partial charge >= 0.3 is 0 Å². The van der Waals surface area contributed by atoms with Crippen LogP contribution in [-0.4, -0.2) is 16.8 Å². The average Bonchev–Trinajstić information content (AvgIpc) is 2.73. The van der Waals surface area contributed by atoms with Gasteiger partial charge in [0.2, 0.25) is 5.88 Å². The van der Waals surface area contributed by atoms with E-state index in [-0.39, 0.29) is 0 Å². The standard InChI is InChI=1S/C24H34N2O/c1-3-5-19-6-8-20(9-7-19)10-11-21-12-14-22(15-13-21)23-16-17-24(26-25-23)27-18-4-2/h12-17,19-20H,3-11,18H2,1-2H3/t19-,20-. The number of aryl methyl sites for hydroxylation is 1. The zero-order valence-electron chi connectivity index (χ0n) is 17.0. The van der Waals surface area contributed by atoms with E-state index in [1.165, 1.54) is 56.9 Å². The van der Waals surface area contributed by atoms with Crippen LogP contribution in [-0.2, 0) is 6.42 Å². The summed E-state index contributed by atoms with van der Waals surface area (Å²) in [4.78, 5) is 0. The van der Waals surface area contributed by atoms with Crippen LogP contribution in [0.2, 0.25) is 0 Å². The molecule has 0 radical (unpaired) electrons. The molecule has 0 aliphatic heterocycles. The third-order valence-electron chi connectivity index (χ3n) is 5.85. The molecule has 0 atom stereocenters. The Bertz CT molecular complexity index is 658. The Morgan fingerprint density at radius 3 is 2.11 bits per heavy atom. The SMILES string of the molecule is CCCOc1ccc(-c2ccc(CC[C@H]3CC[C@H](CCC)CC3)cc2)nn1. The van der Waals surface area contributed by atoms with E-state index in [1.807, 2.05) is 12.1 Å². The molecule has 1 saturated carbocycles. The van der Waals surface area contributed by atoms with Gasteiger partial charge in [-0.25, -0.2) is 0 Å². The molecule has 3 rings (SSSR count). The molecule has 2 aromatic rings. The Hall–Kier alpha value is -1.90. The molecule has 27 heavy (non-hydrogen) atoms. The highest BCUT2D eigenvalue weighted by atomic mass is 16.5. The summed E-state index contributed by atoms with van der Waals surface area (Å²) in [6, 6.07) is 12.7. The molecule has 1 aromatic heterocycles. The minimum Gasteiger partial charge on any atom is -0.477 e. The van der Waals surface area contributed by atoms with E-state index < -0.39 is 0 Å². The van der Waals surface area contributed by atoms with E-state index >= 15 is 0 Å². The van der Waals surface area contributed by atoms with Crippen molar-refractivity contribution in [2.75, 3.05) is 6.61 Å². The lowest BCUT2D eigenvalue weighted by Gasteiger charge is -2.28. The van der Waals surface area contributed by atoms with E-state index in [0.29, 0.717) is 12.5 Å². The van der Waals surface area contributed by atoms with Crippen LogP contribution in [0.1, 0.15) is 70.8 Å². The van der Waals surface area contributed by atoms with Crippen LogP contribution in [0.3, 0.4) is 0 Å². The highest BCUT2D eigenvalue weighted by Crippen LogP contribution is 2.34. The van der Waals surface area contributed by atoms with E-state index in [9.17, 15) is 0 Å². The van der Waals surface area contributed by atoms with Gasteiger partial charge in [0, 0.05) is 11.6 Å². The third kappa shape index (κ3) is 6.05. The van der Waals surface area contributed by atoms with Gasteiger partial charge in [-0.2, -0.15) is 0 Å². The molecule has 3 heteroatoms. The van der Waals surface area contributed by atoms with Crippen molar-refractivity contribution >= 4 is 0 Å². The van der Waals surface area contributed by atoms with Gasteiger partial charge in [-0.3, -0.25) is 0 Å². The Morgan fingerprint density at radius 1 is 0.815 bits per heavy atom. The van der Waals surface area contributed by atoms with Gasteiger partial charge < -0.3 is 4.74 Å². The molecule has 0 unspecified atom stereocenters. The lowest BCUT2D eigenvalue weighted by molar-refractivity contribution is 0.252. The largest absolute Gasteiger partial charge is 0.477 e. The summed E-state index contributed by atoms with van der Waals surface area (Å²) in [6.07, 6.45) is 12.1. The highest BCUT2D eigenvalue weighted by Gasteiger charge is 2.20. The van der Waals surface area contributed by atoms with Crippen molar-refractivity contribution in [2.24, 2.45) is 11.8 Å². The summed E-state index contributed by atoms with van der Waals surface area (Å²) in [5, 5.41) is 8.46. The smallest absolute Gasteiger partial charge is 0.233 e. The molecular weight excluding hydrogens is 332 g/mol. The zero-order valence-corrected chi connectivity index (χ0v) is 17.0. The first-order chi connectivity index (χ1) is 13.3. The van der Waals surface area contributed by atoms with Gasteiger partial charge in [-0.05, 0) is 42.7 Å². The highest BCUT2D eigenvalue weighted by molar-refractivity contribution is 5.59. The Morgan fingerprint density at radius 2 is 1.52 bits per heavy atom. The third-order valence-corrected chi connectivity index (χ3v) is 5.85. The molecule has 1 aliphatic carbocycles. The van der Waals surface area contributed by atoms with Gasteiger partial charge in [0.15, 0.2) is 0 Å². The Kier molecular flexibility index (Phi) is 7.67. The lowest BCUT2D eigenvalue weighted by Crippen LogP contribution is -2.15. The van der Waals surface area contributed by atoms with E-state index in [1.54, 1.807) is 0 Å². The maximum Gasteiger partial charge on any atom is 0.233 e. The molecule has 0 saturated heterocycles. The average molecular weight is 367 g/mol. The Labute approximate surface area is 164 Å². The molecule has 0 amide bonds. The number of rotatable bonds is 9. The van der Waals surface area contributed by atoms with E-state index in [2.05, 4.69) is 48.3 Å². The fourth-order valence-corrected chi connectivity index (χ4v) is 4.19. The van der Waals surface area contributed by atoms with Crippen LogP contribution >= 0.6 is 0 Å². The summed E-state index contributed by atoms with van der Waals surface area (Å²) < 4.78 is 5.50. The topological polar surface area (TPSA) is 35.0 Å². The minimum absolute atomic E-state index is 0.603. The van der Waals surface area contributed by atoms with Crippen molar-refractivity contribution in [3.63, 3.8) is 0 Å². The van der Waals surface area contributed by atoms with Gasteiger partial charge in [0.1, 0.15) is 0 Å². The minimum atomic E-state index is 0.603. The summed E-state index contributed by atoms with van der Waals surface area (Å²) in [7, 11) is 0. The summed E-state index contributed by atoms with van der Waals surface area (Å²) >= 11 is 0. The van der Waals surface area contributed by atoms with Crippen molar-refractivity contribution in [1.82, 2.24) is 10.2 Å². The maximum atomic E-state index is 5.50. The number of aromatic nitrogens is 2. The van der Waals surface area contributed by atoms with Crippen LogP contribution in [0.15, 0.2) is 36.4 Å². The number of benzene rings is 1. The van der Waals surface area contributed by atoms with Crippen molar-refractivity contribution in [3.05, 3.63) is 42.0 Å². The second kappa shape index (κ2) is 10.4. The van der Waals surface area contributed by atoms with Crippen molar-refractivity contribution < 1.29 is 4.74 Å². The molecule has 1 heterocycles. The van der Waals surface area contributed by atoms with E-state index in [4.69, 9.17) is 4.74 Å². The van der Waals surface area contributed by atoms with Crippen molar-refractivity contribution in [3.8, 4) is 17.1 Å². The fourth-order valence-electron chi connectivity index (χ4n) is 4.19. The van der Waals surface area contributed by atoms with Crippen molar-refractivity contribution in [1.29, 1.82) is 0 Å². The molecule has 1 fully saturated rings. The number of nitrogens with zero attached hydrogens (tertiary/aromatic N) is 2. The molecule has 0 spiro atoms. The van der Waals surface area contributed by atoms with E-state index in [0.717, 1.165) is 29.5 Å². The fraction of sp³-hybridized carbons (Fsp3) is 0.583. The lowest BCUT2D eigenvalue weighted by atomic mass is 9.78. The molecule has 1 aliphatic rings. The first-order valence-electron chi connectivity index (χ1n) is 10.8. The molecule has 1 aromatic carbocycles. The van der Waals surface area contributed by atoms with Crippen LogP contribution < -0.4 is 4.74 Å². The van der Waals surface area contributed by atoms with Gasteiger partial charge in [0.25, 0.3) is 0 Å². The van der Waals surface area contributed by atoms with Gasteiger partial charge in [-0.1, -0.05) is 76.6 Å². The summed E-state index contributed by atoms with van der Waals surface area (Å²) in [5.74, 6) is 2.54. The van der Waals surface area contributed by atoms with Crippen molar-refractivity contribution in [2.45, 2.75) is 71.6 Å². The number of ether oxygens (including phenoxy) is 1. The molecule has 0 bridgehead atoms. The monoisotopic (exact) mass is 366 g/mol. The normalized spacial score (nSPS) is 19.8. The molecule has 146 valence electrons.